The van der Waals surface area contributed by atoms with Gasteiger partial charge in [-0.05, 0) is 61.1 Å². The van der Waals surface area contributed by atoms with Gasteiger partial charge in [0.05, 0.1) is 6.61 Å². The number of carbonyl (C=O) groups excluding carboxylic acids is 1. The highest BCUT2D eigenvalue weighted by molar-refractivity contribution is 5.89. The van der Waals surface area contributed by atoms with Crippen molar-refractivity contribution in [3.63, 3.8) is 0 Å². The van der Waals surface area contributed by atoms with E-state index in [0.717, 1.165) is 35.8 Å². The molecule has 1 fully saturated rings. The van der Waals surface area contributed by atoms with E-state index in [2.05, 4.69) is 34.6 Å². The molecule has 0 radical (unpaired) electrons. The second kappa shape index (κ2) is 10.1. The van der Waals surface area contributed by atoms with Crippen LogP contribution in [0.4, 0.5) is 16.2 Å². The number of rotatable bonds is 7. The molecule has 2 aromatic rings. The van der Waals surface area contributed by atoms with Crippen LogP contribution in [0.25, 0.3) is 0 Å². The molecule has 2 aromatic carbocycles. The summed E-state index contributed by atoms with van der Waals surface area (Å²) in [6, 6.07) is 15.9. The summed E-state index contributed by atoms with van der Waals surface area (Å²) in [5, 5.41) is 5.84. The van der Waals surface area contributed by atoms with Crippen molar-refractivity contribution >= 4 is 17.4 Å². The fourth-order valence-corrected chi connectivity index (χ4v) is 3.46. The molecule has 0 bridgehead atoms. The quantitative estimate of drug-likeness (QED) is 0.726. The molecule has 3 rings (SSSR count). The summed E-state index contributed by atoms with van der Waals surface area (Å²) in [5.41, 5.74) is 4.20. The third-order valence-electron chi connectivity index (χ3n) is 5.29. The maximum absolute atomic E-state index is 12.3. The van der Waals surface area contributed by atoms with E-state index in [1.54, 1.807) is 0 Å². The number of benzene rings is 2. The molecule has 0 saturated carbocycles. The minimum absolute atomic E-state index is 0.203. The van der Waals surface area contributed by atoms with Gasteiger partial charge in [0.2, 0.25) is 0 Å². The Labute approximate surface area is 168 Å². The predicted molar refractivity (Wildman–Crippen MR) is 115 cm³/mol. The molecule has 28 heavy (non-hydrogen) atoms. The molecule has 1 aliphatic heterocycles. The third kappa shape index (κ3) is 5.73. The summed E-state index contributed by atoms with van der Waals surface area (Å²) in [6.45, 7) is 8.22. The summed E-state index contributed by atoms with van der Waals surface area (Å²) in [7, 11) is 0. The van der Waals surface area contributed by atoms with Gasteiger partial charge in [0.25, 0.3) is 0 Å². The van der Waals surface area contributed by atoms with Gasteiger partial charge in [-0.2, -0.15) is 0 Å². The maximum Gasteiger partial charge on any atom is 0.319 e. The molecule has 5 nitrogen and oxygen atoms in total. The lowest BCUT2D eigenvalue weighted by molar-refractivity contribution is 0.133. The van der Waals surface area contributed by atoms with Crippen LogP contribution in [-0.2, 0) is 17.9 Å². The Kier molecular flexibility index (Phi) is 7.31. The van der Waals surface area contributed by atoms with Gasteiger partial charge in [0.1, 0.15) is 0 Å². The summed E-state index contributed by atoms with van der Waals surface area (Å²) in [6.07, 6.45) is 2.49. The zero-order valence-corrected chi connectivity index (χ0v) is 16.9. The van der Waals surface area contributed by atoms with Crippen LogP contribution >= 0.6 is 0 Å². The van der Waals surface area contributed by atoms with E-state index in [1.807, 2.05) is 43.3 Å². The first-order chi connectivity index (χ1) is 13.7. The summed E-state index contributed by atoms with van der Waals surface area (Å²) in [4.78, 5) is 14.7. The van der Waals surface area contributed by atoms with Crippen molar-refractivity contribution in [1.82, 2.24) is 5.32 Å². The maximum atomic E-state index is 12.3. The van der Waals surface area contributed by atoms with E-state index < -0.39 is 0 Å². The van der Waals surface area contributed by atoms with Crippen LogP contribution in [0.15, 0.2) is 48.5 Å². The molecule has 1 saturated heterocycles. The molecule has 0 spiro atoms. The summed E-state index contributed by atoms with van der Waals surface area (Å²) >= 11 is 0. The number of amides is 2. The minimum Gasteiger partial charge on any atom is -0.377 e. The van der Waals surface area contributed by atoms with Gasteiger partial charge < -0.3 is 20.3 Å². The Hall–Kier alpha value is -2.53. The summed E-state index contributed by atoms with van der Waals surface area (Å²) < 4.78 is 5.50. The van der Waals surface area contributed by atoms with Crippen molar-refractivity contribution in [2.24, 2.45) is 5.92 Å². The highest BCUT2D eigenvalue weighted by Crippen LogP contribution is 2.24. The fourth-order valence-electron chi connectivity index (χ4n) is 3.46. The molecular formula is C23H31N3O2. The van der Waals surface area contributed by atoms with Gasteiger partial charge >= 0.3 is 6.03 Å². The molecular weight excluding hydrogens is 350 g/mol. The normalized spacial score (nSPS) is 14.7. The highest BCUT2D eigenvalue weighted by Gasteiger charge is 2.16. The van der Waals surface area contributed by atoms with Crippen LogP contribution in [0.3, 0.4) is 0 Å². The lowest BCUT2D eigenvalue weighted by atomic mass is 9.99. The van der Waals surface area contributed by atoms with E-state index >= 15 is 0 Å². The molecule has 0 atom stereocenters. The first-order valence-corrected chi connectivity index (χ1v) is 10.2. The van der Waals surface area contributed by atoms with Crippen molar-refractivity contribution in [1.29, 1.82) is 0 Å². The number of nitrogens with one attached hydrogen (secondary N) is 2. The smallest absolute Gasteiger partial charge is 0.319 e. The van der Waals surface area contributed by atoms with Crippen LogP contribution in [0, 0.1) is 5.92 Å². The molecule has 1 heterocycles. The van der Waals surface area contributed by atoms with E-state index in [0.29, 0.717) is 19.8 Å². The van der Waals surface area contributed by atoms with Gasteiger partial charge in [-0.1, -0.05) is 31.2 Å². The van der Waals surface area contributed by atoms with E-state index in [4.69, 9.17) is 4.74 Å². The van der Waals surface area contributed by atoms with E-state index in [9.17, 15) is 4.79 Å². The topological polar surface area (TPSA) is 53.6 Å². The Bertz CT molecular complexity index is 753. The lowest BCUT2D eigenvalue weighted by Crippen LogP contribution is -2.32. The van der Waals surface area contributed by atoms with Crippen LogP contribution in [0.1, 0.15) is 37.8 Å². The SMILES string of the molecule is CCOCc1ccccc1CNC(=O)Nc1ccc(N2CCC(C)CC2)cc1. The average Bonchev–Trinajstić information content (AvgIpc) is 2.72. The monoisotopic (exact) mass is 381 g/mol. The molecule has 0 aliphatic carbocycles. The Morgan fingerprint density at radius 3 is 2.43 bits per heavy atom. The summed E-state index contributed by atoms with van der Waals surface area (Å²) in [5.74, 6) is 0.819. The minimum atomic E-state index is -0.203. The second-order valence-electron chi connectivity index (χ2n) is 7.43. The number of carbonyl (C=O) groups is 1. The van der Waals surface area contributed by atoms with Gasteiger partial charge in [-0.15, -0.1) is 0 Å². The molecule has 0 unspecified atom stereocenters. The van der Waals surface area contributed by atoms with Crippen LogP contribution in [-0.4, -0.2) is 25.7 Å². The van der Waals surface area contributed by atoms with Crippen LogP contribution in [0.2, 0.25) is 0 Å². The number of ether oxygens (including phenoxy) is 1. The number of hydrogen-bond donors (Lipinski definition) is 2. The number of hydrogen-bond acceptors (Lipinski definition) is 3. The van der Waals surface area contributed by atoms with Crippen molar-refractivity contribution < 1.29 is 9.53 Å². The zero-order chi connectivity index (χ0) is 19.8. The van der Waals surface area contributed by atoms with Crippen LogP contribution in [0.5, 0.6) is 0 Å². The number of piperidine rings is 1. The average molecular weight is 382 g/mol. The lowest BCUT2D eigenvalue weighted by Gasteiger charge is -2.32. The van der Waals surface area contributed by atoms with Crippen molar-refractivity contribution in [3.8, 4) is 0 Å². The first kappa shape index (κ1) is 20.2. The number of urea groups is 1. The van der Waals surface area contributed by atoms with Gasteiger partial charge in [-0.25, -0.2) is 4.79 Å². The molecule has 5 heteroatoms. The Balaban J connectivity index is 1.50. The molecule has 150 valence electrons. The van der Waals surface area contributed by atoms with E-state index in [-0.39, 0.29) is 6.03 Å². The molecule has 1 aliphatic rings. The van der Waals surface area contributed by atoms with Crippen molar-refractivity contribution in [3.05, 3.63) is 59.7 Å². The fraction of sp³-hybridized carbons (Fsp3) is 0.435. The standard InChI is InChI=1S/C23H31N3O2/c1-3-28-17-20-7-5-4-6-19(20)16-24-23(27)25-21-8-10-22(11-9-21)26-14-12-18(2)13-15-26/h4-11,18H,3,12-17H2,1-2H3,(H2,24,25,27). The largest absolute Gasteiger partial charge is 0.377 e. The van der Waals surface area contributed by atoms with Gasteiger partial charge in [-0.3, -0.25) is 0 Å². The number of anilines is 2. The zero-order valence-electron chi connectivity index (χ0n) is 16.9. The number of nitrogens with zero attached hydrogens (tertiary/aromatic N) is 1. The third-order valence-corrected chi connectivity index (χ3v) is 5.29. The molecule has 2 amide bonds. The molecule has 0 aromatic heterocycles. The van der Waals surface area contributed by atoms with Gasteiger partial charge in [0, 0.05) is 37.6 Å². The molecule has 2 N–H and O–H groups in total. The predicted octanol–water partition coefficient (Wildman–Crippen LogP) is 4.78. The first-order valence-electron chi connectivity index (χ1n) is 10.2. The van der Waals surface area contributed by atoms with Crippen LogP contribution < -0.4 is 15.5 Å². The Morgan fingerprint density at radius 2 is 1.75 bits per heavy atom. The van der Waals surface area contributed by atoms with Crippen molar-refractivity contribution in [2.75, 3.05) is 29.9 Å². The Morgan fingerprint density at radius 1 is 1.07 bits per heavy atom. The van der Waals surface area contributed by atoms with E-state index in [1.165, 1.54) is 18.5 Å². The highest BCUT2D eigenvalue weighted by atomic mass is 16.5. The van der Waals surface area contributed by atoms with Gasteiger partial charge in [0.15, 0.2) is 0 Å². The van der Waals surface area contributed by atoms with Crippen molar-refractivity contribution in [2.45, 2.75) is 39.8 Å². The second-order valence-corrected chi connectivity index (χ2v) is 7.43.